The standard InChI is InChI=1S/C22H22N4O3S/c1-15(20-23-6-12-30-20)26-21(27)17-3-2-4-18(19(17)22(26)28)25-9-7-24(8-10-25)13-16-5-11-29-14-16/h2-6,11-12,14-15H,7-10,13H2,1H3/t15-/m1/s1. The summed E-state index contributed by atoms with van der Waals surface area (Å²) >= 11 is 1.45. The number of hydrogen-bond acceptors (Lipinski definition) is 7. The zero-order valence-corrected chi connectivity index (χ0v) is 17.5. The number of thiazole rings is 1. The Morgan fingerprint density at radius 2 is 1.97 bits per heavy atom. The Labute approximate surface area is 178 Å². The molecule has 2 amide bonds. The maximum atomic E-state index is 13.3. The highest BCUT2D eigenvalue weighted by molar-refractivity contribution is 7.09. The number of benzene rings is 1. The lowest BCUT2D eigenvalue weighted by molar-refractivity contribution is 0.0595. The molecule has 0 bridgehead atoms. The molecule has 2 aliphatic heterocycles. The summed E-state index contributed by atoms with van der Waals surface area (Å²) in [6.45, 7) is 6.09. The van der Waals surface area contributed by atoms with Crippen molar-refractivity contribution in [3.8, 4) is 0 Å². The largest absolute Gasteiger partial charge is 0.472 e. The van der Waals surface area contributed by atoms with Gasteiger partial charge in [-0.1, -0.05) is 6.07 Å². The van der Waals surface area contributed by atoms with Crippen LogP contribution in [0.4, 0.5) is 5.69 Å². The monoisotopic (exact) mass is 422 g/mol. The first kappa shape index (κ1) is 19.0. The number of hydrogen-bond donors (Lipinski definition) is 0. The third-order valence-corrected chi connectivity index (χ3v) is 6.77. The molecule has 154 valence electrons. The van der Waals surface area contributed by atoms with Crippen LogP contribution in [-0.2, 0) is 6.54 Å². The lowest BCUT2D eigenvalue weighted by atomic mass is 10.1. The van der Waals surface area contributed by atoms with E-state index < -0.39 is 0 Å². The number of aromatic nitrogens is 1. The number of amides is 2. The molecule has 0 N–H and O–H groups in total. The maximum absolute atomic E-state index is 13.3. The fourth-order valence-electron chi connectivity index (χ4n) is 4.24. The molecule has 3 aromatic rings. The van der Waals surface area contributed by atoms with E-state index in [0.29, 0.717) is 11.1 Å². The SMILES string of the molecule is C[C@H](c1nccs1)N1C(=O)c2cccc(N3CCN(Cc4ccoc4)CC3)c2C1=O. The summed E-state index contributed by atoms with van der Waals surface area (Å²) in [6.07, 6.45) is 5.17. The first-order valence-corrected chi connectivity index (χ1v) is 10.9. The second-order valence-electron chi connectivity index (χ2n) is 7.62. The molecule has 5 rings (SSSR count). The minimum Gasteiger partial charge on any atom is -0.472 e. The zero-order valence-electron chi connectivity index (χ0n) is 16.7. The van der Waals surface area contributed by atoms with Gasteiger partial charge in [-0.2, -0.15) is 0 Å². The zero-order chi connectivity index (χ0) is 20.7. The predicted molar refractivity (Wildman–Crippen MR) is 114 cm³/mol. The topological polar surface area (TPSA) is 69.9 Å². The van der Waals surface area contributed by atoms with Gasteiger partial charge in [0.2, 0.25) is 0 Å². The van der Waals surface area contributed by atoms with Crippen molar-refractivity contribution in [3.05, 3.63) is 70.1 Å². The van der Waals surface area contributed by atoms with Gasteiger partial charge < -0.3 is 9.32 Å². The van der Waals surface area contributed by atoms with E-state index in [0.717, 1.165) is 49.0 Å². The van der Waals surface area contributed by atoms with Gasteiger partial charge in [0.05, 0.1) is 35.4 Å². The quantitative estimate of drug-likeness (QED) is 0.587. The Bertz CT molecular complexity index is 1060. The summed E-state index contributed by atoms with van der Waals surface area (Å²) in [5, 5.41) is 2.62. The Morgan fingerprint density at radius 3 is 2.67 bits per heavy atom. The van der Waals surface area contributed by atoms with Crippen molar-refractivity contribution < 1.29 is 14.0 Å². The molecule has 0 radical (unpaired) electrons. The highest BCUT2D eigenvalue weighted by atomic mass is 32.1. The summed E-state index contributed by atoms with van der Waals surface area (Å²) in [4.78, 5) is 36.6. The average Bonchev–Trinajstić information content (AvgIpc) is 3.51. The third kappa shape index (κ3) is 3.22. The van der Waals surface area contributed by atoms with Gasteiger partial charge in [-0.05, 0) is 25.1 Å². The van der Waals surface area contributed by atoms with Gasteiger partial charge in [0.25, 0.3) is 11.8 Å². The van der Waals surface area contributed by atoms with E-state index in [1.807, 2.05) is 30.5 Å². The van der Waals surface area contributed by atoms with Crippen LogP contribution in [0.1, 0.15) is 44.3 Å². The minimum absolute atomic E-state index is 0.228. The van der Waals surface area contributed by atoms with Crippen LogP contribution >= 0.6 is 11.3 Å². The minimum atomic E-state index is -0.378. The number of carbonyl (C=O) groups is 2. The van der Waals surface area contributed by atoms with Crippen molar-refractivity contribution in [1.29, 1.82) is 0 Å². The normalized spacial score (nSPS) is 18.2. The van der Waals surface area contributed by atoms with E-state index in [9.17, 15) is 9.59 Å². The number of furan rings is 1. The molecule has 0 spiro atoms. The molecule has 7 nitrogen and oxygen atoms in total. The number of piperazine rings is 1. The van der Waals surface area contributed by atoms with Crippen molar-refractivity contribution in [2.75, 3.05) is 31.1 Å². The molecule has 1 atom stereocenters. The van der Waals surface area contributed by atoms with Gasteiger partial charge in [-0.25, -0.2) is 4.98 Å². The fourth-order valence-corrected chi connectivity index (χ4v) is 4.92. The van der Waals surface area contributed by atoms with E-state index in [-0.39, 0.29) is 17.9 Å². The van der Waals surface area contributed by atoms with Crippen molar-refractivity contribution >= 4 is 28.8 Å². The first-order chi connectivity index (χ1) is 14.6. The molecular weight excluding hydrogens is 400 g/mol. The van der Waals surface area contributed by atoms with E-state index >= 15 is 0 Å². The summed E-state index contributed by atoms with van der Waals surface area (Å²) in [5.41, 5.74) is 3.02. The van der Waals surface area contributed by atoms with Gasteiger partial charge in [0, 0.05) is 49.9 Å². The molecule has 1 fully saturated rings. The number of carbonyl (C=O) groups excluding carboxylic acids is 2. The van der Waals surface area contributed by atoms with Crippen LogP contribution in [0.15, 0.2) is 52.8 Å². The molecule has 0 saturated carbocycles. The maximum Gasteiger partial charge on any atom is 0.264 e. The van der Waals surface area contributed by atoms with Crippen molar-refractivity contribution in [2.45, 2.75) is 19.5 Å². The van der Waals surface area contributed by atoms with Gasteiger partial charge in [0.1, 0.15) is 5.01 Å². The lowest BCUT2D eigenvalue weighted by Crippen LogP contribution is -2.46. The summed E-state index contributed by atoms with van der Waals surface area (Å²) < 4.78 is 5.16. The highest BCUT2D eigenvalue weighted by Gasteiger charge is 2.42. The second kappa shape index (κ2) is 7.70. The Hall–Kier alpha value is -2.97. The van der Waals surface area contributed by atoms with E-state index in [2.05, 4.69) is 14.8 Å². The molecule has 0 unspecified atom stereocenters. The number of nitrogens with zero attached hydrogens (tertiary/aromatic N) is 4. The molecule has 30 heavy (non-hydrogen) atoms. The van der Waals surface area contributed by atoms with Crippen molar-refractivity contribution in [3.63, 3.8) is 0 Å². The second-order valence-corrected chi connectivity index (χ2v) is 8.55. The average molecular weight is 423 g/mol. The van der Waals surface area contributed by atoms with Crippen molar-refractivity contribution in [1.82, 2.24) is 14.8 Å². The lowest BCUT2D eigenvalue weighted by Gasteiger charge is -2.36. The van der Waals surface area contributed by atoms with Gasteiger partial charge >= 0.3 is 0 Å². The van der Waals surface area contributed by atoms with Crippen LogP contribution in [-0.4, -0.2) is 52.8 Å². The van der Waals surface area contributed by atoms with E-state index in [1.165, 1.54) is 16.2 Å². The number of imide groups is 1. The summed E-state index contributed by atoms with van der Waals surface area (Å²) in [6, 6.07) is 7.18. The molecule has 8 heteroatoms. The molecule has 1 saturated heterocycles. The Balaban J connectivity index is 1.36. The predicted octanol–water partition coefficient (Wildman–Crippen LogP) is 3.42. The van der Waals surface area contributed by atoms with Crippen LogP contribution in [0, 0.1) is 0 Å². The van der Waals surface area contributed by atoms with Gasteiger partial charge in [-0.15, -0.1) is 11.3 Å². The molecule has 4 heterocycles. The van der Waals surface area contributed by atoms with Crippen LogP contribution in [0.3, 0.4) is 0 Å². The highest BCUT2D eigenvalue weighted by Crippen LogP contribution is 2.37. The Kier molecular flexibility index (Phi) is 4.88. The Morgan fingerprint density at radius 1 is 1.13 bits per heavy atom. The van der Waals surface area contributed by atoms with Crippen LogP contribution in [0.25, 0.3) is 0 Å². The smallest absolute Gasteiger partial charge is 0.264 e. The summed E-state index contributed by atoms with van der Waals surface area (Å²) in [7, 11) is 0. The third-order valence-electron chi connectivity index (χ3n) is 5.82. The fraction of sp³-hybridized carbons (Fsp3) is 0.318. The number of fused-ring (bicyclic) bond motifs is 1. The van der Waals surface area contributed by atoms with Gasteiger partial charge in [-0.3, -0.25) is 19.4 Å². The van der Waals surface area contributed by atoms with E-state index in [1.54, 1.807) is 24.8 Å². The molecule has 2 aromatic heterocycles. The van der Waals surface area contributed by atoms with Crippen molar-refractivity contribution in [2.24, 2.45) is 0 Å². The van der Waals surface area contributed by atoms with Crippen LogP contribution in [0.2, 0.25) is 0 Å². The van der Waals surface area contributed by atoms with Gasteiger partial charge in [0.15, 0.2) is 0 Å². The molecule has 1 aromatic carbocycles. The summed E-state index contributed by atoms with van der Waals surface area (Å²) in [5.74, 6) is -0.465. The van der Waals surface area contributed by atoms with Crippen LogP contribution < -0.4 is 4.90 Å². The number of rotatable bonds is 5. The molecular formula is C22H22N4O3S. The van der Waals surface area contributed by atoms with Crippen LogP contribution in [0.5, 0.6) is 0 Å². The van der Waals surface area contributed by atoms with E-state index in [4.69, 9.17) is 4.42 Å². The first-order valence-electron chi connectivity index (χ1n) is 10.0. The molecule has 2 aliphatic rings. The number of anilines is 1. The molecule has 0 aliphatic carbocycles.